The largest absolute Gasteiger partial charge is 0.325 e. The number of unbranched alkanes of at least 4 members (excludes halogenated alkanes) is 1. The third-order valence-electron chi connectivity index (χ3n) is 4.86. The summed E-state index contributed by atoms with van der Waals surface area (Å²) in [4.78, 5) is 40.1. The van der Waals surface area contributed by atoms with Crippen LogP contribution in [0.4, 0.5) is 10.5 Å². The van der Waals surface area contributed by atoms with E-state index in [1.807, 2.05) is 31.2 Å². The van der Waals surface area contributed by atoms with Crippen molar-refractivity contribution in [3.63, 3.8) is 0 Å². The molecule has 0 aromatic heterocycles. The van der Waals surface area contributed by atoms with E-state index in [-0.39, 0.29) is 18.4 Å². The highest BCUT2D eigenvalue weighted by Gasteiger charge is 2.48. The lowest BCUT2D eigenvalue weighted by Crippen LogP contribution is -2.45. The molecule has 0 bridgehead atoms. The van der Waals surface area contributed by atoms with Crippen molar-refractivity contribution in [1.29, 1.82) is 0 Å². The average molecular weight is 329 g/mol. The van der Waals surface area contributed by atoms with Crippen LogP contribution in [0, 0.1) is 0 Å². The zero-order chi connectivity index (χ0) is 17.3. The van der Waals surface area contributed by atoms with E-state index in [9.17, 15) is 14.4 Å². The van der Waals surface area contributed by atoms with Gasteiger partial charge in [0, 0.05) is 12.2 Å². The molecule has 1 saturated heterocycles. The quantitative estimate of drug-likeness (QED) is 0.841. The molecule has 2 heterocycles. The highest BCUT2D eigenvalue weighted by molar-refractivity contribution is 6.10. The summed E-state index contributed by atoms with van der Waals surface area (Å²) in [5.41, 5.74) is 1.11. The van der Waals surface area contributed by atoms with Crippen molar-refractivity contribution in [2.75, 3.05) is 18.0 Å². The summed E-state index contributed by atoms with van der Waals surface area (Å²) in [7, 11) is 0. The summed E-state index contributed by atoms with van der Waals surface area (Å²) in [5.74, 6) is -0.523. The van der Waals surface area contributed by atoms with E-state index in [1.165, 1.54) is 0 Å². The molecule has 2 aliphatic rings. The summed E-state index contributed by atoms with van der Waals surface area (Å²) >= 11 is 0. The predicted octanol–water partition coefficient (Wildman–Crippen LogP) is 2.08. The number of urea groups is 1. The van der Waals surface area contributed by atoms with Gasteiger partial charge in [-0.1, -0.05) is 38.0 Å². The van der Waals surface area contributed by atoms with E-state index in [0.29, 0.717) is 13.0 Å². The van der Waals surface area contributed by atoms with Crippen molar-refractivity contribution in [3.8, 4) is 0 Å². The number of carbonyl (C=O) groups excluding carboxylic acids is 3. The van der Waals surface area contributed by atoms with E-state index in [1.54, 1.807) is 11.8 Å². The predicted molar refractivity (Wildman–Crippen MR) is 90.7 cm³/mol. The van der Waals surface area contributed by atoms with Crippen LogP contribution in [0.5, 0.6) is 0 Å². The van der Waals surface area contributed by atoms with Crippen molar-refractivity contribution in [3.05, 3.63) is 29.8 Å². The monoisotopic (exact) mass is 329 g/mol. The smallest absolute Gasteiger partial charge is 0.323 e. The topological polar surface area (TPSA) is 69.7 Å². The zero-order valence-corrected chi connectivity index (χ0v) is 14.2. The van der Waals surface area contributed by atoms with E-state index in [0.717, 1.165) is 35.4 Å². The lowest BCUT2D eigenvalue weighted by atomic mass is 9.95. The first-order valence-electron chi connectivity index (χ1n) is 8.48. The molecule has 6 heteroatoms. The van der Waals surface area contributed by atoms with Crippen LogP contribution >= 0.6 is 0 Å². The number of benzene rings is 1. The Bertz CT molecular complexity index is 688. The minimum Gasteiger partial charge on any atom is -0.323 e. The number of rotatable bonds is 5. The molecule has 24 heavy (non-hydrogen) atoms. The maximum atomic E-state index is 12.6. The Hall–Kier alpha value is -2.37. The van der Waals surface area contributed by atoms with E-state index in [4.69, 9.17) is 0 Å². The van der Waals surface area contributed by atoms with E-state index in [2.05, 4.69) is 5.32 Å². The van der Waals surface area contributed by atoms with Gasteiger partial charge in [-0.05, 0) is 31.4 Å². The average Bonchev–Trinajstić information content (AvgIpc) is 3.08. The molecular weight excluding hydrogens is 306 g/mol. The summed E-state index contributed by atoms with van der Waals surface area (Å²) in [6.07, 6.45) is 3.19. The van der Waals surface area contributed by atoms with Crippen molar-refractivity contribution in [1.82, 2.24) is 10.2 Å². The molecule has 1 atom stereocenters. The normalized spacial score (nSPS) is 22.8. The van der Waals surface area contributed by atoms with Gasteiger partial charge in [-0.2, -0.15) is 0 Å². The van der Waals surface area contributed by atoms with Crippen molar-refractivity contribution in [2.24, 2.45) is 0 Å². The summed E-state index contributed by atoms with van der Waals surface area (Å²) in [6, 6.07) is 7.26. The Morgan fingerprint density at radius 2 is 2.04 bits per heavy atom. The van der Waals surface area contributed by atoms with E-state index >= 15 is 0 Å². The second-order valence-corrected chi connectivity index (χ2v) is 6.68. The first kappa shape index (κ1) is 16.5. The number of amides is 4. The van der Waals surface area contributed by atoms with Gasteiger partial charge in [-0.15, -0.1) is 0 Å². The van der Waals surface area contributed by atoms with Gasteiger partial charge in [0.05, 0.1) is 0 Å². The first-order valence-corrected chi connectivity index (χ1v) is 8.48. The minimum absolute atomic E-state index is 0.208. The molecule has 0 unspecified atom stereocenters. The van der Waals surface area contributed by atoms with Gasteiger partial charge in [0.1, 0.15) is 12.1 Å². The van der Waals surface area contributed by atoms with Gasteiger partial charge in [0.15, 0.2) is 0 Å². The molecule has 6 nitrogen and oxygen atoms in total. The zero-order valence-electron chi connectivity index (χ0n) is 14.2. The van der Waals surface area contributed by atoms with Crippen LogP contribution in [0.2, 0.25) is 0 Å². The van der Waals surface area contributed by atoms with Gasteiger partial charge < -0.3 is 10.2 Å². The molecule has 0 saturated carbocycles. The molecule has 0 radical (unpaired) electrons. The SMILES string of the molecule is CCCC[C@]1(C)NC(=O)N(CC(=O)N2CCc3ccccc32)C1=O. The third-order valence-corrected chi connectivity index (χ3v) is 4.86. The Labute approximate surface area is 141 Å². The Morgan fingerprint density at radius 3 is 2.79 bits per heavy atom. The maximum absolute atomic E-state index is 12.6. The molecule has 1 N–H and O–H groups in total. The number of fused-ring (bicyclic) bond motifs is 1. The van der Waals surface area contributed by atoms with Gasteiger partial charge in [-0.25, -0.2) is 4.79 Å². The number of anilines is 1. The van der Waals surface area contributed by atoms with Crippen LogP contribution in [0.1, 0.15) is 38.7 Å². The molecule has 0 spiro atoms. The number of hydrogen-bond donors (Lipinski definition) is 1. The highest BCUT2D eigenvalue weighted by Crippen LogP contribution is 2.28. The fourth-order valence-electron chi connectivity index (χ4n) is 3.41. The van der Waals surface area contributed by atoms with E-state index < -0.39 is 11.6 Å². The van der Waals surface area contributed by atoms with Crippen molar-refractivity contribution in [2.45, 2.75) is 45.1 Å². The number of nitrogens with zero attached hydrogens (tertiary/aromatic N) is 2. The van der Waals surface area contributed by atoms with Gasteiger partial charge >= 0.3 is 6.03 Å². The Kier molecular flexibility index (Phi) is 4.30. The number of nitrogens with one attached hydrogen (secondary N) is 1. The van der Waals surface area contributed by atoms with Crippen LogP contribution in [-0.2, 0) is 16.0 Å². The Balaban J connectivity index is 1.71. The molecule has 4 amide bonds. The Morgan fingerprint density at radius 1 is 1.29 bits per heavy atom. The number of para-hydroxylation sites is 1. The number of hydrogen-bond acceptors (Lipinski definition) is 3. The van der Waals surface area contributed by atoms with Crippen LogP contribution in [0.15, 0.2) is 24.3 Å². The van der Waals surface area contributed by atoms with Crippen LogP contribution in [0.3, 0.4) is 0 Å². The van der Waals surface area contributed by atoms with Crippen molar-refractivity contribution >= 4 is 23.5 Å². The standard InChI is InChI=1S/C18H23N3O3/c1-3-4-10-18(2)16(23)21(17(24)19-18)12-15(22)20-11-9-13-7-5-6-8-14(13)20/h5-8H,3-4,9-12H2,1-2H3,(H,19,24)/t18-/m0/s1. The molecule has 128 valence electrons. The second kappa shape index (κ2) is 6.26. The van der Waals surface area contributed by atoms with Crippen LogP contribution in [-0.4, -0.2) is 41.4 Å². The fraction of sp³-hybridized carbons (Fsp3) is 0.500. The van der Waals surface area contributed by atoms with Gasteiger partial charge in [0.25, 0.3) is 5.91 Å². The summed E-state index contributed by atoms with van der Waals surface area (Å²) < 4.78 is 0. The summed E-state index contributed by atoms with van der Waals surface area (Å²) in [6.45, 7) is 4.16. The molecule has 1 aromatic rings. The van der Waals surface area contributed by atoms with Crippen molar-refractivity contribution < 1.29 is 14.4 Å². The fourth-order valence-corrected chi connectivity index (χ4v) is 3.41. The molecule has 0 aliphatic carbocycles. The van der Waals surface area contributed by atoms with Crippen LogP contribution in [0.25, 0.3) is 0 Å². The molecule has 1 aromatic carbocycles. The number of imide groups is 1. The second-order valence-electron chi connectivity index (χ2n) is 6.68. The van der Waals surface area contributed by atoms with Crippen LogP contribution < -0.4 is 10.2 Å². The highest BCUT2D eigenvalue weighted by atomic mass is 16.2. The maximum Gasteiger partial charge on any atom is 0.325 e. The third kappa shape index (κ3) is 2.77. The molecule has 3 rings (SSSR count). The molecule has 1 fully saturated rings. The van der Waals surface area contributed by atoms with Gasteiger partial charge in [0.2, 0.25) is 5.91 Å². The molecule has 2 aliphatic heterocycles. The number of carbonyl (C=O) groups is 3. The minimum atomic E-state index is -0.893. The molecular formula is C18H23N3O3. The lowest BCUT2D eigenvalue weighted by molar-refractivity contribution is -0.134. The van der Waals surface area contributed by atoms with Gasteiger partial charge in [-0.3, -0.25) is 14.5 Å². The first-order chi connectivity index (χ1) is 11.5. The lowest BCUT2D eigenvalue weighted by Gasteiger charge is -2.22. The summed E-state index contributed by atoms with van der Waals surface area (Å²) in [5, 5.41) is 2.75.